The van der Waals surface area contributed by atoms with Crippen molar-refractivity contribution in [1.29, 1.82) is 0 Å². The first kappa shape index (κ1) is 20.2. The molecule has 3 aromatic rings. The van der Waals surface area contributed by atoms with Crippen LogP contribution in [0.15, 0.2) is 57.9 Å². The van der Waals surface area contributed by atoms with Gasteiger partial charge < -0.3 is 5.32 Å². The van der Waals surface area contributed by atoms with Crippen molar-refractivity contribution in [1.82, 2.24) is 20.2 Å². The smallest absolute Gasteiger partial charge is 0.245 e. The van der Waals surface area contributed by atoms with Gasteiger partial charge in [-0.3, -0.25) is 4.79 Å². The predicted molar refractivity (Wildman–Crippen MR) is 108 cm³/mol. The van der Waals surface area contributed by atoms with E-state index in [0.29, 0.717) is 17.2 Å². The molecule has 0 aliphatic rings. The van der Waals surface area contributed by atoms with E-state index in [-0.39, 0.29) is 4.90 Å². The SMILES string of the molecule is Cc1nnnn1-c1cccc(NC(=O)C(C)(C)S(=O)(=O)c2ccc(Br)cc2)c1. The number of amides is 1. The Kier molecular flexibility index (Phi) is 5.35. The van der Waals surface area contributed by atoms with Crippen molar-refractivity contribution in [2.24, 2.45) is 0 Å². The number of benzene rings is 2. The van der Waals surface area contributed by atoms with Crippen LogP contribution in [0.25, 0.3) is 5.69 Å². The van der Waals surface area contributed by atoms with E-state index < -0.39 is 20.5 Å². The minimum atomic E-state index is -3.91. The molecule has 1 amide bonds. The number of aryl methyl sites for hydroxylation is 1. The number of rotatable bonds is 5. The van der Waals surface area contributed by atoms with Crippen molar-refractivity contribution >= 4 is 37.4 Å². The van der Waals surface area contributed by atoms with E-state index in [1.54, 1.807) is 43.3 Å². The van der Waals surface area contributed by atoms with Crippen molar-refractivity contribution in [2.75, 3.05) is 5.32 Å². The number of hydrogen-bond acceptors (Lipinski definition) is 6. The third-order valence-corrected chi connectivity index (χ3v) is 7.27. The summed E-state index contributed by atoms with van der Waals surface area (Å²) >= 11 is 3.27. The normalized spacial score (nSPS) is 12.0. The summed E-state index contributed by atoms with van der Waals surface area (Å²) in [6, 6.07) is 13.0. The molecule has 8 nitrogen and oxygen atoms in total. The first-order chi connectivity index (χ1) is 13.1. The van der Waals surface area contributed by atoms with Crippen LogP contribution in [0.3, 0.4) is 0 Å². The lowest BCUT2D eigenvalue weighted by Gasteiger charge is -2.24. The molecule has 0 atom stereocenters. The molecular formula is C18H18BrN5O3S. The quantitative estimate of drug-likeness (QED) is 0.623. The molecule has 0 fully saturated rings. The summed E-state index contributed by atoms with van der Waals surface area (Å²) in [5, 5.41) is 14.0. The maximum atomic E-state index is 13.0. The maximum Gasteiger partial charge on any atom is 0.245 e. The molecule has 1 aromatic heterocycles. The average Bonchev–Trinajstić information content (AvgIpc) is 3.08. The Hall–Kier alpha value is -2.59. The minimum absolute atomic E-state index is 0.0777. The van der Waals surface area contributed by atoms with Crippen LogP contribution in [0.1, 0.15) is 19.7 Å². The van der Waals surface area contributed by atoms with Crippen LogP contribution in [0, 0.1) is 6.92 Å². The Morgan fingerprint density at radius 1 is 1.14 bits per heavy atom. The molecule has 1 heterocycles. The van der Waals surface area contributed by atoms with Crippen LogP contribution in [0.2, 0.25) is 0 Å². The molecule has 0 unspecified atom stereocenters. The summed E-state index contributed by atoms with van der Waals surface area (Å²) in [6.07, 6.45) is 0. The third kappa shape index (κ3) is 3.69. The Morgan fingerprint density at radius 2 is 1.82 bits per heavy atom. The van der Waals surface area contributed by atoms with Gasteiger partial charge in [0.15, 0.2) is 15.7 Å². The van der Waals surface area contributed by atoms with Crippen molar-refractivity contribution in [3.05, 3.63) is 58.8 Å². The fourth-order valence-electron chi connectivity index (χ4n) is 2.50. The lowest BCUT2D eigenvalue weighted by atomic mass is 10.2. The van der Waals surface area contributed by atoms with E-state index in [1.165, 1.54) is 30.7 Å². The van der Waals surface area contributed by atoms with Crippen LogP contribution in [-0.4, -0.2) is 39.3 Å². The standard InChI is InChI=1S/C18H18BrN5O3S/c1-12-21-22-23-24(12)15-6-4-5-14(11-15)20-17(25)18(2,3)28(26,27)16-9-7-13(19)8-10-16/h4-11H,1-3H3,(H,20,25). The van der Waals surface area contributed by atoms with E-state index in [4.69, 9.17) is 0 Å². The number of carbonyl (C=O) groups excluding carboxylic acids is 1. The van der Waals surface area contributed by atoms with Crippen molar-refractivity contribution in [3.8, 4) is 5.69 Å². The van der Waals surface area contributed by atoms with Crippen molar-refractivity contribution < 1.29 is 13.2 Å². The monoisotopic (exact) mass is 463 g/mol. The lowest BCUT2D eigenvalue weighted by molar-refractivity contribution is -0.117. The van der Waals surface area contributed by atoms with E-state index in [0.717, 1.165) is 4.47 Å². The first-order valence-corrected chi connectivity index (χ1v) is 10.6. The summed E-state index contributed by atoms with van der Waals surface area (Å²) in [4.78, 5) is 12.9. The van der Waals surface area contributed by atoms with E-state index in [9.17, 15) is 13.2 Å². The van der Waals surface area contributed by atoms with E-state index >= 15 is 0 Å². The summed E-state index contributed by atoms with van der Waals surface area (Å²) < 4.78 is 26.6. The van der Waals surface area contributed by atoms with Gasteiger partial charge in [-0.25, -0.2) is 8.42 Å². The molecule has 10 heteroatoms. The minimum Gasteiger partial charge on any atom is -0.325 e. The largest absolute Gasteiger partial charge is 0.325 e. The van der Waals surface area contributed by atoms with Crippen LogP contribution >= 0.6 is 15.9 Å². The zero-order valence-electron chi connectivity index (χ0n) is 15.4. The topological polar surface area (TPSA) is 107 Å². The van der Waals surface area contributed by atoms with Gasteiger partial charge in [0.1, 0.15) is 4.75 Å². The highest BCUT2D eigenvalue weighted by molar-refractivity contribution is 9.10. The van der Waals surface area contributed by atoms with Gasteiger partial charge in [0.25, 0.3) is 0 Å². The highest BCUT2D eigenvalue weighted by Crippen LogP contribution is 2.28. The fourth-order valence-corrected chi connectivity index (χ4v) is 4.14. The second-order valence-electron chi connectivity index (χ2n) is 6.61. The maximum absolute atomic E-state index is 13.0. The third-order valence-electron chi connectivity index (χ3n) is 4.32. The average molecular weight is 464 g/mol. The second kappa shape index (κ2) is 7.44. The fraction of sp³-hybridized carbons (Fsp3) is 0.222. The molecular weight excluding hydrogens is 446 g/mol. The molecule has 1 N–H and O–H groups in total. The summed E-state index contributed by atoms with van der Waals surface area (Å²) in [5.41, 5.74) is 1.09. The Balaban J connectivity index is 1.88. The van der Waals surface area contributed by atoms with Crippen LogP contribution in [0.4, 0.5) is 5.69 Å². The molecule has 0 radical (unpaired) electrons. The molecule has 3 rings (SSSR count). The Bertz CT molecular complexity index is 1120. The molecule has 2 aromatic carbocycles. The number of tetrazole rings is 1. The van der Waals surface area contributed by atoms with Gasteiger partial charge in [0, 0.05) is 10.2 Å². The number of carbonyl (C=O) groups is 1. The van der Waals surface area contributed by atoms with Gasteiger partial charge in [0.05, 0.1) is 10.6 Å². The summed E-state index contributed by atoms with van der Waals surface area (Å²) in [6.45, 7) is 4.52. The second-order valence-corrected chi connectivity index (χ2v) is 10.0. The molecule has 0 aliphatic carbocycles. The van der Waals surface area contributed by atoms with Gasteiger partial charge in [0.2, 0.25) is 5.91 Å². The van der Waals surface area contributed by atoms with Gasteiger partial charge in [-0.2, -0.15) is 4.68 Å². The molecule has 0 aliphatic heterocycles. The molecule has 28 heavy (non-hydrogen) atoms. The molecule has 0 bridgehead atoms. The number of halogens is 1. The predicted octanol–water partition coefficient (Wildman–Crippen LogP) is 2.92. The number of sulfone groups is 1. The van der Waals surface area contributed by atoms with Crippen molar-refractivity contribution in [2.45, 2.75) is 30.4 Å². The summed E-state index contributed by atoms with van der Waals surface area (Å²) in [5.74, 6) is -0.0531. The lowest BCUT2D eigenvalue weighted by Crippen LogP contribution is -2.44. The van der Waals surface area contributed by atoms with Gasteiger partial charge >= 0.3 is 0 Å². The van der Waals surface area contributed by atoms with Gasteiger partial charge in [-0.1, -0.05) is 22.0 Å². The van der Waals surface area contributed by atoms with E-state index in [1.807, 2.05) is 0 Å². The number of anilines is 1. The van der Waals surface area contributed by atoms with Crippen LogP contribution in [0.5, 0.6) is 0 Å². The molecule has 0 spiro atoms. The van der Waals surface area contributed by atoms with E-state index in [2.05, 4.69) is 36.8 Å². The number of nitrogens with zero attached hydrogens (tertiary/aromatic N) is 4. The highest BCUT2D eigenvalue weighted by atomic mass is 79.9. The first-order valence-electron chi connectivity index (χ1n) is 8.30. The molecule has 0 saturated heterocycles. The summed E-state index contributed by atoms with van der Waals surface area (Å²) in [7, 11) is -3.91. The number of nitrogens with one attached hydrogen (secondary N) is 1. The highest BCUT2D eigenvalue weighted by Gasteiger charge is 2.42. The molecule has 146 valence electrons. The van der Waals surface area contributed by atoms with Gasteiger partial charge in [-0.05, 0) is 73.7 Å². The Morgan fingerprint density at radius 3 is 2.43 bits per heavy atom. The van der Waals surface area contributed by atoms with Gasteiger partial charge in [-0.15, -0.1) is 5.10 Å². The number of hydrogen-bond donors (Lipinski definition) is 1. The Labute approximate surface area is 171 Å². The zero-order chi connectivity index (χ0) is 20.5. The number of aromatic nitrogens is 4. The van der Waals surface area contributed by atoms with Crippen LogP contribution < -0.4 is 5.32 Å². The zero-order valence-corrected chi connectivity index (χ0v) is 17.8. The molecule has 0 saturated carbocycles. The van der Waals surface area contributed by atoms with Crippen molar-refractivity contribution in [3.63, 3.8) is 0 Å². The van der Waals surface area contributed by atoms with Crippen LogP contribution in [-0.2, 0) is 14.6 Å².